The lowest BCUT2D eigenvalue weighted by atomic mass is 10.2. The lowest BCUT2D eigenvalue weighted by molar-refractivity contribution is -0.384. The van der Waals surface area contributed by atoms with Crippen LogP contribution in [0.5, 0.6) is 0 Å². The van der Waals surface area contributed by atoms with E-state index in [1.807, 2.05) is 5.38 Å². The summed E-state index contributed by atoms with van der Waals surface area (Å²) in [5, 5.41) is 14.1. The number of thiophene rings is 1. The number of benzene rings is 1. The lowest BCUT2D eigenvalue weighted by Gasteiger charge is -2.35. The predicted octanol–water partition coefficient (Wildman–Crippen LogP) is 2.80. The van der Waals surface area contributed by atoms with E-state index >= 15 is 0 Å². The summed E-state index contributed by atoms with van der Waals surface area (Å²) >= 11 is 1.63. The van der Waals surface area contributed by atoms with Gasteiger partial charge in [-0.05, 0) is 17.5 Å². The van der Waals surface area contributed by atoms with Gasteiger partial charge in [0, 0.05) is 38.3 Å². The second kappa shape index (κ2) is 6.80. The molecule has 4 heterocycles. The van der Waals surface area contributed by atoms with Gasteiger partial charge < -0.3 is 9.88 Å². The molecule has 0 saturated carbocycles. The van der Waals surface area contributed by atoms with Crippen molar-refractivity contribution in [1.82, 2.24) is 24.8 Å². The summed E-state index contributed by atoms with van der Waals surface area (Å²) in [5.41, 5.74) is 1.52. The number of anilines is 1. The smallest absolute Gasteiger partial charge is 0.271 e. The maximum absolute atomic E-state index is 10.9. The van der Waals surface area contributed by atoms with E-state index in [1.165, 1.54) is 12.1 Å². The van der Waals surface area contributed by atoms with Crippen molar-refractivity contribution in [1.29, 1.82) is 0 Å². The van der Waals surface area contributed by atoms with Crippen LogP contribution < -0.4 is 4.90 Å². The van der Waals surface area contributed by atoms with Gasteiger partial charge in [0.2, 0.25) is 0 Å². The molecule has 1 N–H and O–H groups in total. The molecule has 0 aliphatic carbocycles. The van der Waals surface area contributed by atoms with Gasteiger partial charge in [0.1, 0.15) is 22.8 Å². The minimum atomic E-state index is -0.392. The highest BCUT2D eigenvalue weighted by molar-refractivity contribution is 7.16. The van der Waals surface area contributed by atoms with Crippen molar-refractivity contribution >= 4 is 44.1 Å². The van der Waals surface area contributed by atoms with Crippen molar-refractivity contribution < 1.29 is 4.92 Å². The van der Waals surface area contributed by atoms with Gasteiger partial charge in [-0.2, -0.15) is 0 Å². The number of aromatic amines is 1. The van der Waals surface area contributed by atoms with Crippen LogP contribution in [0.25, 0.3) is 21.3 Å². The Morgan fingerprint density at radius 3 is 2.86 bits per heavy atom. The van der Waals surface area contributed by atoms with Crippen LogP contribution in [0.3, 0.4) is 0 Å². The molecule has 28 heavy (non-hydrogen) atoms. The number of nitrogens with zero attached hydrogens (tertiary/aromatic N) is 6. The van der Waals surface area contributed by atoms with Crippen LogP contribution in [0.1, 0.15) is 5.82 Å². The first-order valence-corrected chi connectivity index (χ1v) is 9.84. The zero-order valence-electron chi connectivity index (χ0n) is 14.9. The van der Waals surface area contributed by atoms with Crippen molar-refractivity contribution in [3.63, 3.8) is 0 Å². The minimum absolute atomic E-state index is 0.0703. The highest BCUT2D eigenvalue weighted by Gasteiger charge is 2.21. The Kier molecular flexibility index (Phi) is 4.14. The van der Waals surface area contributed by atoms with Gasteiger partial charge in [-0.15, -0.1) is 11.3 Å². The van der Waals surface area contributed by atoms with Crippen molar-refractivity contribution in [2.24, 2.45) is 0 Å². The number of hydrogen-bond acceptors (Lipinski definition) is 8. The Morgan fingerprint density at radius 2 is 2.04 bits per heavy atom. The van der Waals surface area contributed by atoms with E-state index in [4.69, 9.17) is 0 Å². The number of non-ortho nitro benzene ring substituents is 1. The van der Waals surface area contributed by atoms with Crippen LogP contribution in [0, 0.1) is 10.1 Å². The summed E-state index contributed by atoms with van der Waals surface area (Å²) in [6, 6.07) is 6.78. The zero-order valence-corrected chi connectivity index (χ0v) is 15.7. The Balaban J connectivity index is 1.28. The Labute approximate surface area is 163 Å². The molecule has 1 aliphatic rings. The number of nitro groups is 1. The van der Waals surface area contributed by atoms with Gasteiger partial charge in [-0.3, -0.25) is 15.0 Å². The molecule has 0 spiro atoms. The summed E-state index contributed by atoms with van der Waals surface area (Å²) in [6.45, 7) is 4.24. The van der Waals surface area contributed by atoms with Crippen molar-refractivity contribution in [3.8, 4) is 0 Å². The fourth-order valence-electron chi connectivity index (χ4n) is 3.60. The molecular weight excluding hydrogens is 378 g/mol. The molecule has 1 aliphatic heterocycles. The maximum atomic E-state index is 10.9. The fourth-order valence-corrected chi connectivity index (χ4v) is 4.32. The van der Waals surface area contributed by atoms with Crippen LogP contribution in [-0.4, -0.2) is 55.9 Å². The summed E-state index contributed by atoms with van der Waals surface area (Å²) < 4.78 is 0. The fraction of sp³-hybridized carbons (Fsp3) is 0.278. The highest BCUT2D eigenvalue weighted by Crippen LogP contribution is 2.27. The average Bonchev–Trinajstić information content (AvgIpc) is 3.34. The predicted molar refractivity (Wildman–Crippen MR) is 108 cm³/mol. The molecule has 0 unspecified atom stereocenters. The molecule has 0 atom stereocenters. The number of imidazole rings is 1. The number of H-pyrrole nitrogens is 1. The van der Waals surface area contributed by atoms with E-state index in [9.17, 15) is 10.1 Å². The normalized spacial score (nSPS) is 15.5. The first kappa shape index (κ1) is 17.0. The molecule has 10 heteroatoms. The number of nitrogens with one attached hydrogen (secondary N) is 1. The first-order valence-electron chi connectivity index (χ1n) is 8.96. The molecule has 9 nitrogen and oxygen atoms in total. The third-order valence-electron chi connectivity index (χ3n) is 5.01. The second-order valence-corrected chi connectivity index (χ2v) is 7.64. The molecule has 142 valence electrons. The summed E-state index contributed by atoms with van der Waals surface area (Å²) in [7, 11) is 0. The second-order valence-electron chi connectivity index (χ2n) is 6.74. The van der Waals surface area contributed by atoms with Gasteiger partial charge in [0.05, 0.1) is 27.9 Å². The molecule has 4 aromatic rings. The first-order chi connectivity index (χ1) is 13.7. The Bertz CT molecular complexity index is 1160. The summed E-state index contributed by atoms with van der Waals surface area (Å²) in [6.07, 6.45) is 1.63. The molecule has 1 aromatic carbocycles. The van der Waals surface area contributed by atoms with E-state index in [2.05, 4.69) is 35.8 Å². The topological polar surface area (TPSA) is 104 Å². The van der Waals surface area contributed by atoms with E-state index < -0.39 is 4.92 Å². The Morgan fingerprint density at radius 1 is 1.18 bits per heavy atom. The quantitative estimate of drug-likeness (QED) is 0.418. The van der Waals surface area contributed by atoms with Gasteiger partial charge in [-0.1, -0.05) is 0 Å². The van der Waals surface area contributed by atoms with Crippen molar-refractivity contribution in [2.45, 2.75) is 6.54 Å². The standard InChI is InChI=1S/C18H17N7O2S/c26-25(27)12-1-2-14-15(9-12)22-16(21-14)10-23-4-6-24(7-5-23)17-13-3-8-28-18(13)20-11-19-17/h1-3,8-9,11H,4-7,10H2,(H,21,22). The van der Waals surface area contributed by atoms with Crippen LogP contribution in [0.2, 0.25) is 0 Å². The van der Waals surface area contributed by atoms with Crippen molar-refractivity contribution in [3.05, 3.63) is 51.9 Å². The largest absolute Gasteiger partial charge is 0.353 e. The van der Waals surface area contributed by atoms with Gasteiger partial charge in [0.15, 0.2) is 0 Å². The van der Waals surface area contributed by atoms with Crippen LogP contribution in [0.4, 0.5) is 11.5 Å². The third-order valence-corrected chi connectivity index (χ3v) is 5.83. The third kappa shape index (κ3) is 3.06. The summed E-state index contributed by atoms with van der Waals surface area (Å²) in [4.78, 5) is 32.8. The molecule has 0 amide bonds. The minimum Gasteiger partial charge on any atom is -0.353 e. The lowest BCUT2D eigenvalue weighted by Crippen LogP contribution is -2.46. The number of nitro benzene ring substituents is 1. The van der Waals surface area contributed by atoms with Crippen molar-refractivity contribution in [2.75, 3.05) is 31.1 Å². The monoisotopic (exact) mass is 395 g/mol. The maximum Gasteiger partial charge on any atom is 0.271 e. The molecule has 0 radical (unpaired) electrons. The number of rotatable bonds is 4. The van der Waals surface area contributed by atoms with Crippen LogP contribution in [0.15, 0.2) is 36.0 Å². The number of aromatic nitrogens is 4. The number of hydrogen-bond donors (Lipinski definition) is 1. The van der Waals surface area contributed by atoms with Crippen LogP contribution in [-0.2, 0) is 6.54 Å². The van der Waals surface area contributed by atoms with Gasteiger partial charge in [0.25, 0.3) is 5.69 Å². The molecular formula is C18H17N7O2S. The molecule has 3 aromatic heterocycles. The molecule has 0 bridgehead atoms. The van der Waals surface area contributed by atoms with Gasteiger partial charge in [-0.25, -0.2) is 15.0 Å². The molecule has 1 saturated heterocycles. The SMILES string of the molecule is O=[N+]([O-])c1ccc2nc(CN3CCN(c4ncnc5sccc45)CC3)[nH]c2c1. The van der Waals surface area contributed by atoms with Gasteiger partial charge >= 0.3 is 0 Å². The molecule has 1 fully saturated rings. The van der Waals surface area contributed by atoms with E-state index in [0.717, 1.165) is 53.6 Å². The average molecular weight is 395 g/mol. The number of fused-ring (bicyclic) bond motifs is 2. The van der Waals surface area contributed by atoms with E-state index in [-0.39, 0.29) is 5.69 Å². The molecule has 5 rings (SSSR count). The van der Waals surface area contributed by atoms with Crippen LogP contribution >= 0.6 is 11.3 Å². The Hall–Kier alpha value is -3.11. The highest BCUT2D eigenvalue weighted by atomic mass is 32.1. The summed E-state index contributed by atoms with van der Waals surface area (Å²) in [5.74, 6) is 1.83. The zero-order chi connectivity index (χ0) is 19.1. The van der Waals surface area contributed by atoms with E-state index in [1.54, 1.807) is 23.7 Å². The van der Waals surface area contributed by atoms with E-state index in [0.29, 0.717) is 12.1 Å². The number of piperazine rings is 1.